The fourth-order valence-corrected chi connectivity index (χ4v) is 4.94. The first kappa shape index (κ1) is 18.5. The standard InChI is InChI=1S/C22H21Cl2NO2/c1-2-6-22-7-3-16(26)11-17(22)19-15(12-22)10-18(20(23)21(19)24)27-13-14-4-8-25-9-5-14/h4-5,8-11H,2-3,6-7,12-13H2,1H3/t22-/m1/s1. The van der Waals surface area contributed by atoms with Crippen molar-refractivity contribution >= 4 is 34.6 Å². The Labute approximate surface area is 169 Å². The quantitative estimate of drug-likeness (QED) is 0.611. The van der Waals surface area contributed by atoms with Gasteiger partial charge < -0.3 is 4.74 Å². The molecule has 1 atom stereocenters. The van der Waals surface area contributed by atoms with Crippen LogP contribution in [0.2, 0.25) is 10.0 Å². The van der Waals surface area contributed by atoms with Gasteiger partial charge in [-0.3, -0.25) is 9.78 Å². The first-order chi connectivity index (χ1) is 13.0. The third kappa shape index (κ3) is 3.28. The summed E-state index contributed by atoms with van der Waals surface area (Å²) in [5.41, 5.74) is 4.16. The molecule has 0 amide bonds. The summed E-state index contributed by atoms with van der Waals surface area (Å²) in [5.74, 6) is 0.768. The molecule has 2 aromatic rings. The molecule has 4 rings (SSSR count). The van der Waals surface area contributed by atoms with E-state index in [2.05, 4.69) is 11.9 Å². The molecule has 1 aromatic heterocycles. The molecule has 0 saturated heterocycles. The van der Waals surface area contributed by atoms with Crippen molar-refractivity contribution in [2.45, 2.75) is 45.6 Å². The molecule has 0 saturated carbocycles. The number of ketones is 1. The van der Waals surface area contributed by atoms with Gasteiger partial charge in [0.2, 0.25) is 0 Å². The summed E-state index contributed by atoms with van der Waals surface area (Å²) >= 11 is 13.2. The van der Waals surface area contributed by atoms with E-state index in [0.29, 0.717) is 28.8 Å². The minimum absolute atomic E-state index is 0.00167. The van der Waals surface area contributed by atoms with Crippen LogP contribution >= 0.6 is 23.2 Å². The van der Waals surface area contributed by atoms with Crippen LogP contribution in [0.5, 0.6) is 5.75 Å². The molecule has 0 aliphatic heterocycles. The van der Waals surface area contributed by atoms with Crippen molar-refractivity contribution in [2.75, 3.05) is 0 Å². The number of halogens is 2. The van der Waals surface area contributed by atoms with Gasteiger partial charge in [-0.25, -0.2) is 0 Å². The van der Waals surface area contributed by atoms with Crippen molar-refractivity contribution in [3.8, 4) is 5.75 Å². The minimum atomic E-state index is 0.00167. The van der Waals surface area contributed by atoms with Gasteiger partial charge in [-0.2, -0.15) is 0 Å². The normalized spacial score (nSPS) is 20.9. The Morgan fingerprint density at radius 3 is 2.74 bits per heavy atom. The predicted molar refractivity (Wildman–Crippen MR) is 108 cm³/mol. The highest BCUT2D eigenvalue weighted by atomic mass is 35.5. The zero-order valence-corrected chi connectivity index (χ0v) is 16.7. The van der Waals surface area contributed by atoms with Crippen molar-refractivity contribution in [3.05, 3.63) is 63.4 Å². The zero-order valence-electron chi connectivity index (χ0n) is 15.2. The van der Waals surface area contributed by atoms with E-state index in [1.165, 1.54) is 0 Å². The number of carbonyl (C=O) groups excluding carboxylic acids is 1. The molecule has 1 heterocycles. The highest BCUT2D eigenvalue weighted by Crippen LogP contribution is 2.58. The number of hydrogen-bond donors (Lipinski definition) is 0. The number of benzene rings is 1. The molecule has 0 fully saturated rings. The molecule has 2 aliphatic carbocycles. The molecule has 1 aromatic carbocycles. The zero-order chi connectivity index (χ0) is 19.0. The van der Waals surface area contributed by atoms with E-state index in [1.54, 1.807) is 18.5 Å². The van der Waals surface area contributed by atoms with Crippen molar-refractivity contribution in [2.24, 2.45) is 5.41 Å². The molecule has 0 radical (unpaired) electrons. The number of hydrogen-bond acceptors (Lipinski definition) is 3. The van der Waals surface area contributed by atoms with E-state index in [9.17, 15) is 4.79 Å². The molecular formula is C22H21Cl2NO2. The maximum absolute atomic E-state index is 12.1. The molecular weight excluding hydrogens is 381 g/mol. The smallest absolute Gasteiger partial charge is 0.156 e. The van der Waals surface area contributed by atoms with Crippen LogP contribution in [0.4, 0.5) is 0 Å². The Morgan fingerprint density at radius 1 is 1.22 bits per heavy atom. The number of nitrogens with zero attached hydrogens (tertiary/aromatic N) is 1. The van der Waals surface area contributed by atoms with Crippen LogP contribution in [0.25, 0.3) is 5.57 Å². The maximum Gasteiger partial charge on any atom is 0.156 e. The first-order valence-electron chi connectivity index (χ1n) is 9.32. The molecule has 3 nitrogen and oxygen atoms in total. The van der Waals surface area contributed by atoms with Gasteiger partial charge >= 0.3 is 0 Å². The van der Waals surface area contributed by atoms with Crippen molar-refractivity contribution in [1.82, 2.24) is 4.98 Å². The van der Waals surface area contributed by atoms with Crippen molar-refractivity contribution in [1.29, 1.82) is 0 Å². The number of rotatable bonds is 5. The van der Waals surface area contributed by atoms with Crippen LogP contribution in [-0.2, 0) is 17.8 Å². The molecule has 0 N–H and O–H groups in total. The van der Waals surface area contributed by atoms with Crippen LogP contribution in [0.3, 0.4) is 0 Å². The Kier molecular flexibility index (Phi) is 5.00. The SMILES string of the molecule is CCC[C@]12CCC(=O)C=C1c1c(cc(OCc3ccncc3)c(Cl)c1Cl)C2. The third-order valence-electron chi connectivity index (χ3n) is 5.65. The highest BCUT2D eigenvalue weighted by Gasteiger charge is 2.45. The number of carbonyl (C=O) groups is 1. The number of ether oxygens (including phenoxy) is 1. The lowest BCUT2D eigenvalue weighted by Gasteiger charge is -2.33. The Morgan fingerprint density at radius 2 is 2.00 bits per heavy atom. The summed E-state index contributed by atoms with van der Waals surface area (Å²) in [6.07, 6.45) is 9.74. The van der Waals surface area contributed by atoms with E-state index < -0.39 is 0 Å². The lowest BCUT2D eigenvalue weighted by atomic mass is 9.70. The Balaban J connectivity index is 1.72. The fraction of sp³-hybridized carbons (Fsp3) is 0.364. The van der Waals surface area contributed by atoms with Gasteiger partial charge in [-0.1, -0.05) is 36.5 Å². The summed E-state index contributed by atoms with van der Waals surface area (Å²) in [6, 6.07) is 5.82. The monoisotopic (exact) mass is 401 g/mol. The summed E-state index contributed by atoms with van der Waals surface area (Å²) in [7, 11) is 0. The lowest BCUT2D eigenvalue weighted by Crippen LogP contribution is -2.25. The molecule has 5 heteroatoms. The molecule has 0 spiro atoms. The maximum atomic E-state index is 12.1. The van der Waals surface area contributed by atoms with Gasteiger partial charge in [-0.05, 0) is 60.2 Å². The number of pyridine rings is 1. The number of fused-ring (bicyclic) bond motifs is 3. The van der Waals surface area contributed by atoms with Gasteiger partial charge in [0.1, 0.15) is 17.4 Å². The van der Waals surface area contributed by atoms with Crippen LogP contribution < -0.4 is 4.74 Å². The van der Waals surface area contributed by atoms with Gasteiger partial charge in [0.15, 0.2) is 5.78 Å². The minimum Gasteiger partial charge on any atom is -0.487 e. The van der Waals surface area contributed by atoms with Crippen LogP contribution in [0.15, 0.2) is 36.7 Å². The predicted octanol–water partition coefficient (Wildman–Crippen LogP) is 6.06. The van der Waals surface area contributed by atoms with E-state index in [0.717, 1.165) is 47.9 Å². The third-order valence-corrected chi connectivity index (χ3v) is 6.50. The van der Waals surface area contributed by atoms with Gasteiger partial charge in [-0.15, -0.1) is 0 Å². The summed E-state index contributed by atoms with van der Waals surface area (Å²) in [4.78, 5) is 16.1. The topological polar surface area (TPSA) is 39.2 Å². The number of allylic oxidation sites excluding steroid dienone is 2. The average molecular weight is 402 g/mol. The van der Waals surface area contributed by atoms with E-state index in [-0.39, 0.29) is 11.2 Å². The lowest BCUT2D eigenvalue weighted by molar-refractivity contribution is -0.115. The average Bonchev–Trinajstić information content (AvgIpc) is 2.98. The van der Waals surface area contributed by atoms with Gasteiger partial charge in [0.25, 0.3) is 0 Å². The first-order valence-corrected chi connectivity index (χ1v) is 10.1. The summed E-state index contributed by atoms with van der Waals surface area (Å²) in [5, 5.41) is 0.911. The summed E-state index contributed by atoms with van der Waals surface area (Å²) < 4.78 is 5.97. The molecule has 0 unspecified atom stereocenters. The largest absolute Gasteiger partial charge is 0.487 e. The van der Waals surface area contributed by atoms with E-state index in [1.807, 2.05) is 18.2 Å². The van der Waals surface area contributed by atoms with Crippen LogP contribution in [0, 0.1) is 5.41 Å². The van der Waals surface area contributed by atoms with E-state index in [4.69, 9.17) is 27.9 Å². The second kappa shape index (κ2) is 7.29. The molecule has 140 valence electrons. The second-order valence-corrected chi connectivity index (χ2v) is 8.17. The second-order valence-electron chi connectivity index (χ2n) is 7.41. The Hall–Kier alpha value is -1.84. The van der Waals surface area contributed by atoms with Crippen LogP contribution in [0.1, 0.15) is 49.3 Å². The van der Waals surface area contributed by atoms with Crippen LogP contribution in [-0.4, -0.2) is 10.8 Å². The molecule has 0 bridgehead atoms. The highest BCUT2D eigenvalue weighted by molar-refractivity contribution is 6.44. The number of aromatic nitrogens is 1. The van der Waals surface area contributed by atoms with Gasteiger partial charge in [0.05, 0.1) is 5.02 Å². The fourth-order valence-electron chi connectivity index (χ4n) is 4.42. The summed E-state index contributed by atoms with van der Waals surface area (Å²) in [6.45, 7) is 2.59. The van der Waals surface area contributed by atoms with Crippen molar-refractivity contribution in [3.63, 3.8) is 0 Å². The van der Waals surface area contributed by atoms with Crippen molar-refractivity contribution < 1.29 is 9.53 Å². The Bertz CT molecular complexity index is 924. The van der Waals surface area contributed by atoms with E-state index >= 15 is 0 Å². The molecule has 2 aliphatic rings. The molecule has 27 heavy (non-hydrogen) atoms. The van der Waals surface area contributed by atoms with Gasteiger partial charge in [0, 0.05) is 29.8 Å².